The van der Waals surface area contributed by atoms with Crippen LogP contribution in [-0.2, 0) is 23.7 Å². The van der Waals surface area contributed by atoms with Crippen LogP contribution in [0.1, 0.15) is 85.5 Å². The Kier molecular flexibility index (Phi) is 15.9. The molecule has 0 fully saturated rings. The molecule has 0 saturated heterocycles. The number of carbonyl (C=O) groups is 1. The van der Waals surface area contributed by atoms with Gasteiger partial charge in [-0.1, -0.05) is 52.0 Å². The molecule has 0 aliphatic rings. The van der Waals surface area contributed by atoms with Crippen LogP contribution >= 0.6 is 12.6 Å². The predicted octanol–water partition coefficient (Wildman–Crippen LogP) is 5.68. The Labute approximate surface area is 177 Å². The smallest absolute Gasteiger partial charge is 0.330 e. The number of thiol groups is 1. The van der Waals surface area contributed by atoms with E-state index in [4.69, 9.17) is 31.6 Å². The summed E-state index contributed by atoms with van der Waals surface area (Å²) in [4.78, 5) is 11.3. The van der Waals surface area contributed by atoms with Gasteiger partial charge in [-0.2, -0.15) is 12.6 Å². The number of esters is 1. The minimum absolute atomic E-state index is 0.310. The summed E-state index contributed by atoms with van der Waals surface area (Å²) in [6.07, 6.45) is 10.4. The van der Waals surface area contributed by atoms with Crippen LogP contribution in [0.4, 0.5) is 0 Å². The van der Waals surface area contributed by atoms with Crippen molar-refractivity contribution in [2.75, 3.05) is 26.4 Å². The molecule has 28 heavy (non-hydrogen) atoms. The Morgan fingerprint density at radius 3 is 1.86 bits per heavy atom. The number of hydrogen-bond donors (Lipinski definition) is 1. The summed E-state index contributed by atoms with van der Waals surface area (Å²) in [5.41, 5.74) is 0. The molecule has 0 rings (SSSR count). The molecule has 0 N–H and O–H groups in total. The maximum atomic E-state index is 11.3. The van der Waals surface area contributed by atoms with Gasteiger partial charge in [-0.15, -0.1) is 0 Å². The second-order valence-corrected chi connectivity index (χ2v) is 7.74. The monoisotopic (exact) mass is 418 g/mol. The van der Waals surface area contributed by atoms with Gasteiger partial charge >= 0.3 is 5.97 Å². The van der Waals surface area contributed by atoms with E-state index in [0.29, 0.717) is 39.3 Å². The van der Waals surface area contributed by atoms with E-state index in [9.17, 15) is 4.79 Å². The number of carbonyl (C=O) groups excluding carboxylic acids is 1. The first-order valence-corrected chi connectivity index (χ1v) is 11.3. The summed E-state index contributed by atoms with van der Waals surface area (Å²) in [5, 5.41) is 0. The second-order valence-electron chi connectivity index (χ2n) is 6.88. The first-order chi connectivity index (χ1) is 13.4. The second kappa shape index (κ2) is 16.3. The Hall–Kier alpha value is -0.560. The molecule has 0 aliphatic heterocycles. The lowest BCUT2D eigenvalue weighted by Crippen LogP contribution is -2.56. The van der Waals surface area contributed by atoms with Gasteiger partial charge < -0.3 is 18.9 Å². The fourth-order valence-electron chi connectivity index (χ4n) is 3.32. The molecule has 0 aromatic rings. The van der Waals surface area contributed by atoms with E-state index in [1.165, 1.54) is 31.8 Å². The van der Waals surface area contributed by atoms with E-state index >= 15 is 0 Å². The van der Waals surface area contributed by atoms with Crippen molar-refractivity contribution in [3.05, 3.63) is 12.7 Å². The summed E-state index contributed by atoms with van der Waals surface area (Å²) in [7, 11) is 0. The third kappa shape index (κ3) is 9.77. The maximum Gasteiger partial charge on any atom is 0.330 e. The molecule has 166 valence electrons. The highest BCUT2D eigenvalue weighted by Gasteiger charge is 2.52. The summed E-state index contributed by atoms with van der Waals surface area (Å²) < 4.78 is 22.6. The summed E-state index contributed by atoms with van der Waals surface area (Å²) in [6, 6.07) is 0. The van der Waals surface area contributed by atoms with E-state index in [0.717, 1.165) is 19.3 Å². The van der Waals surface area contributed by atoms with Crippen LogP contribution in [0, 0.1) is 0 Å². The van der Waals surface area contributed by atoms with E-state index in [1.54, 1.807) is 0 Å². The van der Waals surface area contributed by atoms with Crippen LogP contribution in [0.3, 0.4) is 0 Å². The molecule has 0 bridgehead atoms. The lowest BCUT2D eigenvalue weighted by atomic mass is 9.91. The van der Waals surface area contributed by atoms with Crippen molar-refractivity contribution in [1.82, 2.24) is 0 Å². The number of unbranched alkanes of at least 4 members (excludes halogenated alkanes) is 5. The molecule has 0 aromatic heterocycles. The average molecular weight is 419 g/mol. The minimum atomic E-state index is -1.21. The molecule has 1 unspecified atom stereocenters. The fraction of sp³-hybridized carbons (Fsp3) is 0.864. The van der Waals surface area contributed by atoms with Crippen LogP contribution < -0.4 is 0 Å². The Morgan fingerprint density at radius 1 is 0.857 bits per heavy atom. The molecular formula is C22H42O5S. The van der Waals surface area contributed by atoms with Crippen LogP contribution in [-0.4, -0.2) is 43.1 Å². The molecule has 5 nitrogen and oxygen atoms in total. The van der Waals surface area contributed by atoms with Gasteiger partial charge in [0, 0.05) is 25.9 Å². The van der Waals surface area contributed by atoms with Crippen molar-refractivity contribution >= 4 is 18.6 Å². The van der Waals surface area contributed by atoms with Gasteiger partial charge in [0.25, 0.3) is 5.97 Å². The van der Waals surface area contributed by atoms with Crippen LogP contribution in [0.15, 0.2) is 12.7 Å². The lowest BCUT2D eigenvalue weighted by Gasteiger charge is -2.46. The van der Waals surface area contributed by atoms with Crippen molar-refractivity contribution in [3.63, 3.8) is 0 Å². The third-order valence-corrected chi connectivity index (χ3v) is 5.38. The van der Waals surface area contributed by atoms with Gasteiger partial charge in [-0.05, 0) is 40.0 Å². The zero-order valence-electron chi connectivity index (χ0n) is 18.5. The largest absolute Gasteiger partial charge is 0.463 e. The van der Waals surface area contributed by atoms with Crippen molar-refractivity contribution in [2.24, 2.45) is 0 Å². The highest BCUT2D eigenvalue weighted by Crippen LogP contribution is 2.43. The van der Waals surface area contributed by atoms with Gasteiger partial charge in [-0.25, -0.2) is 4.79 Å². The first-order valence-electron chi connectivity index (χ1n) is 10.9. The van der Waals surface area contributed by atoms with Gasteiger partial charge in [0.1, 0.15) is 0 Å². The van der Waals surface area contributed by atoms with Crippen molar-refractivity contribution in [2.45, 2.75) is 96.2 Å². The molecule has 0 saturated carbocycles. The summed E-state index contributed by atoms with van der Waals surface area (Å²) in [5.74, 6) is -1.62. The molecule has 0 aliphatic carbocycles. The maximum absolute atomic E-state index is 11.3. The molecule has 0 spiro atoms. The third-order valence-electron chi connectivity index (χ3n) is 4.66. The first kappa shape index (κ1) is 27.4. The molecule has 0 aromatic carbocycles. The quantitative estimate of drug-likeness (QED) is 0.0962. The highest BCUT2D eigenvalue weighted by molar-refractivity contribution is 7.81. The van der Waals surface area contributed by atoms with Crippen molar-refractivity contribution in [3.8, 4) is 0 Å². The Balaban J connectivity index is 5.16. The summed E-state index contributed by atoms with van der Waals surface area (Å²) in [6.45, 7) is 13.1. The Morgan fingerprint density at radius 2 is 1.36 bits per heavy atom. The SMILES string of the molecule is C=CC(=O)OCCCC(S)(CCCCCCCC)C(OCC)(OCC)OCC. The molecular weight excluding hydrogens is 376 g/mol. The van der Waals surface area contributed by atoms with Crippen molar-refractivity contribution < 1.29 is 23.7 Å². The van der Waals surface area contributed by atoms with E-state index < -0.39 is 16.7 Å². The van der Waals surface area contributed by atoms with Gasteiger partial charge in [0.2, 0.25) is 0 Å². The van der Waals surface area contributed by atoms with E-state index in [2.05, 4.69) is 13.5 Å². The van der Waals surface area contributed by atoms with Crippen LogP contribution in [0.25, 0.3) is 0 Å². The lowest BCUT2D eigenvalue weighted by molar-refractivity contribution is -0.393. The van der Waals surface area contributed by atoms with Gasteiger partial charge in [0.05, 0.1) is 11.4 Å². The van der Waals surface area contributed by atoms with E-state index in [1.807, 2.05) is 20.8 Å². The van der Waals surface area contributed by atoms with Gasteiger partial charge in [-0.3, -0.25) is 0 Å². The normalized spacial score (nSPS) is 13.9. The molecule has 1 atom stereocenters. The molecule has 0 amide bonds. The zero-order chi connectivity index (χ0) is 21.3. The zero-order valence-corrected chi connectivity index (χ0v) is 19.4. The predicted molar refractivity (Wildman–Crippen MR) is 118 cm³/mol. The van der Waals surface area contributed by atoms with E-state index in [-0.39, 0.29) is 0 Å². The molecule has 6 heteroatoms. The average Bonchev–Trinajstić information content (AvgIpc) is 2.68. The minimum Gasteiger partial charge on any atom is -0.463 e. The number of ether oxygens (including phenoxy) is 4. The fourth-order valence-corrected chi connectivity index (χ4v) is 3.83. The van der Waals surface area contributed by atoms with Crippen LogP contribution in [0.2, 0.25) is 0 Å². The highest BCUT2D eigenvalue weighted by atomic mass is 32.1. The van der Waals surface area contributed by atoms with Gasteiger partial charge in [0.15, 0.2) is 0 Å². The van der Waals surface area contributed by atoms with Crippen LogP contribution in [0.5, 0.6) is 0 Å². The van der Waals surface area contributed by atoms with Crippen molar-refractivity contribution in [1.29, 1.82) is 0 Å². The standard InChI is InChI=1S/C22H42O5S/c1-6-11-12-13-14-15-17-21(28,18-16-19-24-20(23)7-2)22(25-8-3,26-9-4)27-10-5/h7,28H,2,6,8-19H2,1,3-5H3. The number of hydrogen-bond acceptors (Lipinski definition) is 6. The number of rotatable bonds is 19. The summed E-state index contributed by atoms with van der Waals surface area (Å²) >= 11 is 5.06. The molecule has 0 heterocycles. The Bertz CT molecular complexity index is 399. The topological polar surface area (TPSA) is 54.0 Å². The molecule has 0 radical (unpaired) electrons.